The van der Waals surface area contributed by atoms with Crippen molar-refractivity contribution in [3.05, 3.63) is 0 Å². The van der Waals surface area contributed by atoms with Crippen molar-refractivity contribution in [1.82, 2.24) is 10.2 Å². The third-order valence-corrected chi connectivity index (χ3v) is 3.71. The van der Waals surface area contributed by atoms with Crippen molar-refractivity contribution in [2.24, 2.45) is 0 Å². The van der Waals surface area contributed by atoms with Crippen LogP contribution in [0.5, 0.6) is 0 Å². The molecule has 2 aliphatic rings. The van der Waals surface area contributed by atoms with Crippen molar-refractivity contribution in [3.63, 3.8) is 0 Å². The van der Waals surface area contributed by atoms with E-state index in [0.29, 0.717) is 19.3 Å². The SMILES string of the molecule is CNC1COCCN(C2CCCCC2)C1=O. The second-order valence-corrected chi connectivity index (χ2v) is 4.74. The Labute approximate surface area is 97.3 Å². The largest absolute Gasteiger partial charge is 0.377 e. The van der Waals surface area contributed by atoms with E-state index in [4.69, 9.17) is 4.74 Å². The van der Waals surface area contributed by atoms with Crippen molar-refractivity contribution in [2.75, 3.05) is 26.8 Å². The first-order chi connectivity index (χ1) is 7.83. The van der Waals surface area contributed by atoms with Crippen LogP contribution in [0, 0.1) is 0 Å². The predicted octanol–water partition coefficient (Wildman–Crippen LogP) is 0.766. The van der Waals surface area contributed by atoms with Crippen molar-refractivity contribution in [3.8, 4) is 0 Å². The van der Waals surface area contributed by atoms with Gasteiger partial charge in [-0.1, -0.05) is 19.3 Å². The lowest BCUT2D eigenvalue weighted by atomic mass is 9.94. The standard InChI is InChI=1S/C12H22N2O2/c1-13-11-9-16-8-7-14(12(11)15)10-5-3-2-4-6-10/h10-11,13H,2-9H2,1H3. The topological polar surface area (TPSA) is 41.6 Å². The fraction of sp³-hybridized carbons (Fsp3) is 0.917. The van der Waals surface area contributed by atoms with Gasteiger partial charge in [0.25, 0.3) is 0 Å². The first-order valence-corrected chi connectivity index (χ1v) is 6.38. The van der Waals surface area contributed by atoms with Crippen LogP contribution in [0.2, 0.25) is 0 Å². The van der Waals surface area contributed by atoms with Crippen LogP contribution in [0.25, 0.3) is 0 Å². The zero-order chi connectivity index (χ0) is 11.4. The van der Waals surface area contributed by atoms with E-state index in [1.807, 2.05) is 11.9 Å². The molecule has 0 aromatic heterocycles. The molecule has 4 heteroatoms. The molecule has 1 amide bonds. The summed E-state index contributed by atoms with van der Waals surface area (Å²) < 4.78 is 5.46. The van der Waals surface area contributed by atoms with Gasteiger partial charge < -0.3 is 15.0 Å². The second kappa shape index (κ2) is 5.64. The molecule has 1 saturated carbocycles. The van der Waals surface area contributed by atoms with Crippen molar-refractivity contribution < 1.29 is 9.53 Å². The molecule has 0 aromatic rings. The monoisotopic (exact) mass is 226 g/mol. The Bertz CT molecular complexity index is 239. The number of amides is 1. The lowest BCUT2D eigenvalue weighted by molar-refractivity contribution is -0.135. The van der Waals surface area contributed by atoms with Crippen LogP contribution in [-0.2, 0) is 9.53 Å². The van der Waals surface area contributed by atoms with Crippen LogP contribution >= 0.6 is 0 Å². The van der Waals surface area contributed by atoms with Gasteiger partial charge in [-0.2, -0.15) is 0 Å². The van der Waals surface area contributed by atoms with Gasteiger partial charge in [-0.05, 0) is 19.9 Å². The van der Waals surface area contributed by atoms with E-state index in [1.165, 1.54) is 32.1 Å². The second-order valence-electron chi connectivity index (χ2n) is 4.74. The highest BCUT2D eigenvalue weighted by atomic mass is 16.5. The maximum Gasteiger partial charge on any atom is 0.242 e. The Morgan fingerprint density at radius 3 is 2.75 bits per heavy atom. The van der Waals surface area contributed by atoms with Gasteiger partial charge in [0.15, 0.2) is 0 Å². The average molecular weight is 226 g/mol. The minimum atomic E-state index is -0.149. The van der Waals surface area contributed by atoms with Crippen molar-refractivity contribution in [2.45, 2.75) is 44.2 Å². The molecular weight excluding hydrogens is 204 g/mol. The summed E-state index contributed by atoms with van der Waals surface area (Å²) >= 11 is 0. The first-order valence-electron chi connectivity index (χ1n) is 6.38. The Morgan fingerprint density at radius 1 is 1.31 bits per heavy atom. The van der Waals surface area contributed by atoms with E-state index >= 15 is 0 Å². The summed E-state index contributed by atoms with van der Waals surface area (Å²) in [6.07, 6.45) is 6.19. The molecule has 4 nitrogen and oxygen atoms in total. The Hall–Kier alpha value is -0.610. The molecule has 1 heterocycles. The lowest BCUT2D eigenvalue weighted by Gasteiger charge is -2.34. The van der Waals surface area contributed by atoms with Crippen LogP contribution in [0.4, 0.5) is 0 Å². The minimum Gasteiger partial charge on any atom is -0.377 e. The quantitative estimate of drug-likeness (QED) is 0.756. The molecule has 0 spiro atoms. The van der Waals surface area contributed by atoms with Crippen LogP contribution in [0.3, 0.4) is 0 Å². The summed E-state index contributed by atoms with van der Waals surface area (Å²) in [5.74, 6) is 0.229. The average Bonchev–Trinajstić information content (AvgIpc) is 2.52. The van der Waals surface area contributed by atoms with Gasteiger partial charge in [0.2, 0.25) is 5.91 Å². The minimum absolute atomic E-state index is 0.149. The number of rotatable bonds is 2. The van der Waals surface area contributed by atoms with E-state index < -0.39 is 0 Å². The third kappa shape index (κ3) is 2.55. The molecule has 1 aliphatic carbocycles. The molecule has 1 saturated heterocycles. The summed E-state index contributed by atoms with van der Waals surface area (Å²) in [6.45, 7) is 1.96. The summed E-state index contributed by atoms with van der Waals surface area (Å²) in [7, 11) is 1.83. The van der Waals surface area contributed by atoms with Crippen LogP contribution < -0.4 is 5.32 Å². The van der Waals surface area contributed by atoms with Gasteiger partial charge in [0.1, 0.15) is 6.04 Å². The number of carbonyl (C=O) groups excluding carboxylic acids is 1. The molecule has 1 unspecified atom stereocenters. The van der Waals surface area contributed by atoms with E-state index in [0.717, 1.165) is 6.54 Å². The molecular formula is C12H22N2O2. The van der Waals surface area contributed by atoms with Gasteiger partial charge in [-0.3, -0.25) is 4.79 Å². The van der Waals surface area contributed by atoms with Gasteiger partial charge in [0, 0.05) is 12.6 Å². The van der Waals surface area contributed by atoms with Gasteiger partial charge >= 0.3 is 0 Å². The molecule has 1 N–H and O–H groups in total. The molecule has 2 fully saturated rings. The highest BCUT2D eigenvalue weighted by Gasteiger charge is 2.31. The zero-order valence-electron chi connectivity index (χ0n) is 10.1. The zero-order valence-corrected chi connectivity index (χ0v) is 10.1. The Balaban J connectivity index is 2.02. The smallest absolute Gasteiger partial charge is 0.242 e. The summed E-state index contributed by atoms with van der Waals surface area (Å²) in [6, 6.07) is 0.309. The van der Waals surface area contributed by atoms with E-state index in [2.05, 4.69) is 5.32 Å². The first kappa shape index (κ1) is 11.9. The summed E-state index contributed by atoms with van der Waals surface area (Å²) in [5, 5.41) is 3.05. The number of hydrogen-bond acceptors (Lipinski definition) is 3. The predicted molar refractivity (Wildman–Crippen MR) is 62.3 cm³/mol. The van der Waals surface area contributed by atoms with Gasteiger partial charge in [-0.25, -0.2) is 0 Å². The van der Waals surface area contributed by atoms with E-state index in [1.54, 1.807) is 0 Å². The molecule has 2 rings (SSSR count). The van der Waals surface area contributed by atoms with Crippen molar-refractivity contribution >= 4 is 5.91 Å². The number of ether oxygens (including phenoxy) is 1. The summed E-state index contributed by atoms with van der Waals surface area (Å²) in [5.41, 5.74) is 0. The Morgan fingerprint density at radius 2 is 2.06 bits per heavy atom. The molecule has 0 aromatic carbocycles. The van der Waals surface area contributed by atoms with Gasteiger partial charge in [0.05, 0.1) is 13.2 Å². The normalized spacial score (nSPS) is 29.2. The highest BCUT2D eigenvalue weighted by molar-refractivity contribution is 5.82. The number of likely N-dealkylation sites (N-methyl/N-ethyl adjacent to an activating group) is 1. The van der Waals surface area contributed by atoms with Crippen LogP contribution in [0.1, 0.15) is 32.1 Å². The fourth-order valence-electron chi connectivity index (χ4n) is 2.71. The number of carbonyl (C=O) groups is 1. The van der Waals surface area contributed by atoms with E-state index in [9.17, 15) is 4.79 Å². The molecule has 92 valence electrons. The third-order valence-electron chi connectivity index (χ3n) is 3.71. The van der Waals surface area contributed by atoms with E-state index in [-0.39, 0.29) is 11.9 Å². The molecule has 1 atom stereocenters. The Kier molecular flexibility index (Phi) is 4.18. The number of nitrogens with one attached hydrogen (secondary N) is 1. The molecule has 16 heavy (non-hydrogen) atoms. The maximum absolute atomic E-state index is 12.3. The molecule has 0 radical (unpaired) electrons. The number of hydrogen-bond donors (Lipinski definition) is 1. The molecule has 1 aliphatic heterocycles. The maximum atomic E-state index is 12.3. The number of nitrogens with zero attached hydrogens (tertiary/aromatic N) is 1. The van der Waals surface area contributed by atoms with Gasteiger partial charge in [-0.15, -0.1) is 0 Å². The molecule has 0 bridgehead atoms. The fourth-order valence-corrected chi connectivity index (χ4v) is 2.71. The highest BCUT2D eigenvalue weighted by Crippen LogP contribution is 2.23. The van der Waals surface area contributed by atoms with Crippen molar-refractivity contribution in [1.29, 1.82) is 0 Å². The lowest BCUT2D eigenvalue weighted by Crippen LogP contribution is -2.50. The van der Waals surface area contributed by atoms with Crippen LogP contribution in [-0.4, -0.2) is 49.7 Å². The van der Waals surface area contributed by atoms with Crippen LogP contribution in [0.15, 0.2) is 0 Å². The summed E-state index contributed by atoms with van der Waals surface area (Å²) in [4.78, 5) is 14.3.